The van der Waals surface area contributed by atoms with Gasteiger partial charge in [-0.1, -0.05) is 78.9 Å². The lowest BCUT2D eigenvalue weighted by molar-refractivity contribution is -0.117. The minimum absolute atomic E-state index is 0.0230. The van der Waals surface area contributed by atoms with Gasteiger partial charge in [0.15, 0.2) is 0 Å². The molecular weight excluding hydrogens is 408 g/mol. The highest BCUT2D eigenvalue weighted by Crippen LogP contribution is 2.31. The van der Waals surface area contributed by atoms with Crippen LogP contribution in [0.3, 0.4) is 0 Å². The second kappa shape index (κ2) is 10.3. The maximum absolute atomic E-state index is 12.4. The van der Waals surface area contributed by atoms with Gasteiger partial charge in [-0.15, -0.1) is 0 Å². The van der Waals surface area contributed by atoms with Gasteiger partial charge in [0.25, 0.3) is 0 Å². The normalized spacial score (nSPS) is 17.0. The molecule has 3 aromatic rings. The number of anilines is 1. The third-order valence-electron chi connectivity index (χ3n) is 6.85. The second-order valence-corrected chi connectivity index (χ2v) is 9.08. The predicted molar refractivity (Wildman–Crippen MR) is 132 cm³/mol. The zero-order chi connectivity index (χ0) is 22.5. The van der Waals surface area contributed by atoms with Crippen LogP contribution in [0.2, 0.25) is 0 Å². The number of hydrogen-bond acceptors (Lipinski definition) is 3. The van der Waals surface area contributed by atoms with E-state index >= 15 is 0 Å². The van der Waals surface area contributed by atoms with Gasteiger partial charge < -0.3 is 14.5 Å². The first-order chi connectivity index (χ1) is 16.3. The molecule has 0 N–H and O–H groups in total. The Morgan fingerprint density at radius 2 is 1.39 bits per heavy atom. The number of piperidine rings is 1. The van der Waals surface area contributed by atoms with E-state index in [2.05, 4.69) is 77.7 Å². The summed E-state index contributed by atoms with van der Waals surface area (Å²) < 4.78 is 6.67. The molecule has 0 radical (unpaired) electrons. The first-order valence-corrected chi connectivity index (χ1v) is 12.1. The van der Waals surface area contributed by atoms with Crippen LogP contribution in [0.1, 0.15) is 42.1 Å². The summed E-state index contributed by atoms with van der Waals surface area (Å²) in [4.78, 5) is 16.9. The number of likely N-dealkylation sites (tertiary alicyclic amines) is 1. The van der Waals surface area contributed by atoms with Crippen molar-refractivity contribution in [1.82, 2.24) is 4.90 Å². The fourth-order valence-corrected chi connectivity index (χ4v) is 5.08. The van der Waals surface area contributed by atoms with Gasteiger partial charge in [0, 0.05) is 25.3 Å². The molecule has 5 rings (SSSR count). The molecule has 4 heteroatoms. The smallest absolute Gasteiger partial charge is 0.231 e. The first kappa shape index (κ1) is 21.9. The lowest BCUT2D eigenvalue weighted by atomic mass is 10.00. The Kier molecular flexibility index (Phi) is 6.84. The van der Waals surface area contributed by atoms with Crippen molar-refractivity contribution in [2.45, 2.75) is 37.9 Å². The molecule has 2 heterocycles. The molecule has 0 aromatic heterocycles. The number of amides is 1. The van der Waals surface area contributed by atoms with Gasteiger partial charge in [0.2, 0.25) is 5.91 Å². The second-order valence-electron chi connectivity index (χ2n) is 9.08. The van der Waals surface area contributed by atoms with E-state index in [0.717, 1.165) is 56.7 Å². The quantitative estimate of drug-likeness (QED) is 0.480. The number of rotatable bonds is 8. The van der Waals surface area contributed by atoms with E-state index < -0.39 is 0 Å². The molecule has 2 aliphatic heterocycles. The molecule has 3 aromatic carbocycles. The number of carbonyl (C=O) groups is 1. The van der Waals surface area contributed by atoms with Crippen LogP contribution in [0, 0.1) is 0 Å². The van der Waals surface area contributed by atoms with Crippen LogP contribution in [0.25, 0.3) is 0 Å². The van der Waals surface area contributed by atoms with E-state index in [-0.39, 0.29) is 18.1 Å². The van der Waals surface area contributed by atoms with Crippen molar-refractivity contribution in [2.75, 3.05) is 31.1 Å². The molecule has 170 valence electrons. The lowest BCUT2D eigenvalue weighted by Gasteiger charge is -2.34. The van der Waals surface area contributed by atoms with Crippen molar-refractivity contribution >= 4 is 11.6 Å². The lowest BCUT2D eigenvalue weighted by Crippen LogP contribution is -2.39. The van der Waals surface area contributed by atoms with Gasteiger partial charge in [-0.25, -0.2) is 0 Å². The predicted octanol–water partition coefficient (Wildman–Crippen LogP) is 5.24. The molecule has 4 nitrogen and oxygen atoms in total. The Morgan fingerprint density at radius 1 is 0.788 bits per heavy atom. The van der Waals surface area contributed by atoms with Crippen molar-refractivity contribution in [3.63, 3.8) is 0 Å². The van der Waals surface area contributed by atoms with Gasteiger partial charge in [0.1, 0.15) is 6.10 Å². The van der Waals surface area contributed by atoms with Gasteiger partial charge in [-0.2, -0.15) is 0 Å². The Balaban J connectivity index is 1.12. The Morgan fingerprint density at radius 3 is 2.06 bits per heavy atom. The highest BCUT2D eigenvalue weighted by Gasteiger charge is 2.27. The zero-order valence-electron chi connectivity index (χ0n) is 19.1. The molecule has 1 saturated heterocycles. The van der Waals surface area contributed by atoms with Gasteiger partial charge in [-0.3, -0.25) is 4.79 Å². The number of carbonyl (C=O) groups excluding carboxylic acids is 1. The van der Waals surface area contributed by atoms with E-state index in [1.165, 1.54) is 11.1 Å². The standard InChI is InChI=1S/C29H32N2O2/c32-28-22-25-14-7-8-15-27(25)31(28)19-9-18-30-20-16-26(17-21-30)33-29(23-10-3-1-4-11-23)24-12-5-2-6-13-24/h1-8,10-15,26,29H,9,16-22H2. The van der Waals surface area contributed by atoms with Crippen molar-refractivity contribution < 1.29 is 9.53 Å². The van der Waals surface area contributed by atoms with Gasteiger partial charge >= 0.3 is 0 Å². The molecule has 0 atom stereocenters. The number of benzene rings is 3. The molecule has 2 aliphatic rings. The monoisotopic (exact) mass is 440 g/mol. The van der Waals surface area contributed by atoms with Crippen LogP contribution in [0.5, 0.6) is 0 Å². The molecule has 0 bridgehead atoms. The largest absolute Gasteiger partial charge is 0.365 e. The Labute approximate surface area is 196 Å². The molecule has 1 fully saturated rings. The fraction of sp³-hybridized carbons (Fsp3) is 0.345. The topological polar surface area (TPSA) is 32.8 Å². The van der Waals surface area contributed by atoms with E-state index in [4.69, 9.17) is 4.74 Å². The molecule has 33 heavy (non-hydrogen) atoms. The van der Waals surface area contributed by atoms with Crippen molar-refractivity contribution in [1.29, 1.82) is 0 Å². The van der Waals surface area contributed by atoms with Crippen LogP contribution >= 0.6 is 0 Å². The van der Waals surface area contributed by atoms with Crippen molar-refractivity contribution in [3.8, 4) is 0 Å². The molecule has 0 saturated carbocycles. The minimum Gasteiger partial charge on any atom is -0.365 e. The summed E-state index contributed by atoms with van der Waals surface area (Å²) in [6.07, 6.45) is 3.87. The highest BCUT2D eigenvalue weighted by molar-refractivity contribution is 6.01. The van der Waals surface area contributed by atoms with E-state index in [0.29, 0.717) is 6.42 Å². The van der Waals surface area contributed by atoms with E-state index in [9.17, 15) is 4.79 Å². The molecule has 1 amide bonds. The maximum atomic E-state index is 12.4. The Bertz CT molecular complexity index is 1010. The third kappa shape index (κ3) is 5.18. The van der Waals surface area contributed by atoms with Crippen LogP contribution in [-0.2, 0) is 16.0 Å². The van der Waals surface area contributed by atoms with Crippen molar-refractivity contribution in [3.05, 3.63) is 102 Å². The van der Waals surface area contributed by atoms with Gasteiger partial charge in [0.05, 0.1) is 12.5 Å². The zero-order valence-corrected chi connectivity index (χ0v) is 19.1. The maximum Gasteiger partial charge on any atom is 0.231 e. The minimum atomic E-state index is -0.0230. The summed E-state index contributed by atoms with van der Waals surface area (Å²) in [5.41, 5.74) is 4.68. The molecule has 0 unspecified atom stereocenters. The summed E-state index contributed by atoms with van der Waals surface area (Å²) >= 11 is 0. The summed E-state index contributed by atoms with van der Waals surface area (Å²) in [6, 6.07) is 29.2. The number of para-hydroxylation sites is 1. The van der Waals surface area contributed by atoms with Gasteiger partial charge in [-0.05, 0) is 48.6 Å². The summed E-state index contributed by atoms with van der Waals surface area (Å²) in [5, 5.41) is 0. The van der Waals surface area contributed by atoms with Crippen molar-refractivity contribution in [2.24, 2.45) is 0 Å². The number of nitrogens with zero attached hydrogens (tertiary/aromatic N) is 2. The summed E-state index contributed by atoms with van der Waals surface area (Å²) in [7, 11) is 0. The van der Waals surface area contributed by atoms with Crippen LogP contribution < -0.4 is 4.90 Å². The molecule has 0 spiro atoms. The third-order valence-corrected chi connectivity index (χ3v) is 6.85. The average Bonchev–Trinajstić information content (AvgIpc) is 3.19. The summed E-state index contributed by atoms with van der Waals surface area (Å²) in [6.45, 7) is 3.92. The number of ether oxygens (including phenoxy) is 1. The highest BCUT2D eigenvalue weighted by atomic mass is 16.5. The average molecular weight is 441 g/mol. The fourth-order valence-electron chi connectivity index (χ4n) is 5.08. The van der Waals surface area contributed by atoms with Crippen LogP contribution in [-0.4, -0.2) is 43.1 Å². The van der Waals surface area contributed by atoms with E-state index in [1.807, 2.05) is 17.0 Å². The molecular formula is C29H32N2O2. The number of fused-ring (bicyclic) bond motifs is 1. The summed E-state index contributed by atoms with van der Waals surface area (Å²) in [5.74, 6) is 0.233. The van der Waals surface area contributed by atoms with Crippen LogP contribution in [0.4, 0.5) is 5.69 Å². The van der Waals surface area contributed by atoms with E-state index in [1.54, 1.807) is 0 Å². The van der Waals surface area contributed by atoms with Crippen LogP contribution in [0.15, 0.2) is 84.9 Å². The SMILES string of the molecule is O=C1Cc2ccccc2N1CCCN1CCC(OC(c2ccccc2)c2ccccc2)CC1. The Hall–Kier alpha value is -2.95. The first-order valence-electron chi connectivity index (χ1n) is 12.1. The molecule has 0 aliphatic carbocycles. The number of hydrogen-bond donors (Lipinski definition) is 0.